The molecule has 5 rings (SSSR count). The van der Waals surface area contributed by atoms with E-state index in [0.717, 1.165) is 28.3 Å². The summed E-state index contributed by atoms with van der Waals surface area (Å²) in [7, 11) is 0. The average Bonchev–Trinajstić information content (AvgIpc) is 3.26. The van der Waals surface area contributed by atoms with Crippen LogP contribution in [0.5, 0.6) is 0 Å². The molecule has 1 aliphatic heterocycles. The molecule has 11 heteroatoms. The molecule has 43 heavy (non-hydrogen) atoms. The normalized spacial score (nSPS) is 15.6. The number of fused-ring (bicyclic) bond motifs is 3. The third-order valence-corrected chi connectivity index (χ3v) is 7.87. The number of nitrogens with zero attached hydrogens (tertiary/aromatic N) is 2. The lowest BCUT2D eigenvalue weighted by molar-refractivity contribution is 0.0635. The number of piperazine rings is 1. The second-order valence-electron chi connectivity index (χ2n) is 12.1. The number of hydrogen-bond donors (Lipinski definition) is 1. The Hall–Kier alpha value is -3.99. The minimum Gasteiger partial charge on any atom is -0.448 e. The zero-order valence-electron chi connectivity index (χ0n) is 24.8. The van der Waals surface area contributed by atoms with E-state index in [4.69, 9.17) is 9.47 Å². The molecule has 2 aliphatic rings. The zero-order chi connectivity index (χ0) is 30.9. The van der Waals surface area contributed by atoms with E-state index in [1.807, 2.05) is 29.2 Å². The summed E-state index contributed by atoms with van der Waals surface area (Å²) in [4.78, 5) is 29.0. The molecule has 7 nitrogen and oxygen atoms in total. The van der Waals surface area contributed by atoms with E-state index in [1.165, 1.54) is 6.92 Å². The van der Waals surface area contributed by atoms with Crippen LogP contribution in [0.1, 0.15) is 48.9 Å². The first-order valence-corrected chi connectivity index (χ1v) is 14.5. The minimum absolute atomic E-state index is 0.0351. The Kier molecular flexibility index (Phi) is 8.47. The van der Waals surface area contributed by atoms with E-state index < -0.39 is 30.2 Å². The molecule has 0 spiro atoms. The van der Waals surface area contributed by atoms with Crippen molar-refractivity contribution in [1.82, 2.24) is 9.80 Å². The first kappa shape index (κ1) is 30.5. The molecule has 0 saturated carbocycles. The third-order valence-electron chi connectivity index (χ3n) is 7.87. The highest BCUT2D eigenvalue weighted by molar-refractivity contribution is 6.74. The molecule has 0 aromatic heterocycles. The van der Waals surface area contributed by atoms with Crippen LogP contribution in [0.2, 0.25) is 0 Å². The lowest BCUT2D eigenvalue weighted by atomic mass is 9.75. The number of anilines is 1. The number of carbonyl (C=O) groups is 2. The molecule has 1 N–H and O–H groups in total. The van der Waals surface area contributed by atoms with E-state index in [9.17, 15) is 22.5 Å². The summed E-state index contributed by atoms with van der Waals surface area (Å²) in [6.45, 7) is 3.28. The van der Waals surface area contributed by atoms with Crippen molar-refractivity contribution >= 4 is 30.3 Å². The second kappa shape index (κ2) is 12.0. The fourth-order valence-corrected chi connectivity index (χ4v) is 5.81. The fraction of sp³-hybridized carbons (Fsp3) is 0.375. The molecule has 1 aliphatic carbocycles. The van der Waals surface area contributed by atoms with E-state index in [-0.39, 0.29) is 30.3 Å². The molecule has 228 valence electrons. The number of rotatable bonds is 6. The predicted octanol–water partition coefficient (Wildman–Crippen LogP) is 6.46. The molecule has 1 saturated heterocycles. The Bertz CT molecular complexity index is 1470. The number of halogens is 3. The lowest BCUT2D eigenvalue weighted by Crippen LogP contribution is -2.48. The zero-order valence-corrected chi connectivity index (χ0v) is 24.8. The van der Waals surface area contributed by atoms with Gasteiger partial charge in [-0.05, 0) is 61.6 Å². The largest absolute Gasteiger partial charge is 0.509 e. The van der Waals surface area contributed by atoms with Crippen molar-refractivity contribution in [3.05, 3.63) is 82.9 Å². The van der Waals surface area contributed by atoms with Gasteiger partial charge in [0.05, 0.1) is 0 Å². The molecule has 2 amide bonds. The van der Waals surface area contributed by atoms with Gasteiger partial charge in [-0.2, -0.15) is 0 Å². The highest BCUT2D eigenvalue weighted by atomic mass is 19.4. The van der Waals surface area contributed by atoms with E-state index in [0.29, 0.717) is 31.7 Å². The van der Waals surface area contributed by atoms with Gasteiger partial charge in [0.15, 0.2) is 0 Å². The Balaban J connectivity index is 1.20. The van der Waals surface area contributed by atoms with Gasteiger partial charge >= 0.3 is 19.2 Å². The summed E-state index contributed by atoms with van der Waals surface area (Å²) in [6.07, 6.45) is -1.21. The average molecular weight is 594 g/mol. The molecule has 0 bridgehead atoms. The molecule has 0 unspecified atom stereocenters. The fourth-order valence-electron chi connectivity index (χ4n) is 5.81. The van der Waals surface area contributed by atoms with Crippen LogP contribution in [0.4, 0.5) is 28.2 Å². The van der Waals surface area contributed by atoms with Crippen molar-refractivity contribution in [3.8, 4) is 11.1 Å². The van der Waals surface area contributed by atoms with Crippen LogP contribution >= 0.6 is 0 Å². The van der Waals surface area contributed by atoms with Crippen LogP contribution in [-0.4, -0.2) is 67.4 Å². The quantitative estimate of drug-likeness (QED) is 0.332. The van der Waals surface area contributed by atoms with Gasteiger partial charge in [-0.3, -0.25) is 10.2 Å². The molecular weight excluding hydrogens is 558 g/mol. The van der Waals surface area contributed by atoms with Gasteiger partial charge in [-0.15, -0.1) is 5.46 Å². The maximum atomic E-state index is 13.9. The summed E-state index contributed by atoms with van der Waals surface area (Å²) in [6, 6.07) is 19.0. The van der Waals surface area contributed by atoms with Gasteiger partial charge in [0.25, 0.3) is 0 Å². The van der Waals surface area contributed by atoms with Crippen molar-refractivity contribution in [2.24, 2.45) is 0 Å². The predicted molar refractivity (Wildman–Crippen MR) is 162 cm³/mol. The van der Waals surface area contributed by atoms with Crippen molar-refractivity contribution in [2.45, 2.75) is 45.8 Å². The number of benzene rings is 3. The Morgan fingerprint density at radius 2 is 1.51 bits per heavy atom. The van der Waals surface area contributed by atoms with Crippen LogP contribution in [0.3, 0.4) is 0 Å². The number of nitrogens with one attached hydrogen (secondary N) is 1. The summed E-state index contributed by atoms with van der Waals surface area (Å²) in [5, 5.41) is 2.49. The first-order chi connectivity index (χ1) is 20.3. The number of carbonyl (C=O) groups excluding carboxylic acids is 2. The second-order valence-corrected chi connectivity index (χ2v) is 12.1. The van der Waals surface area contributed by atoms with Crippen LogP contribution in [0.15, 0.2) is 60.7 Å². The van der Waals surface area contributed by atoms with Crippen molar-refractivity contribution < 1.29 is 32.0 Å². The summed E-state index contributed by atoms with van der Waals surface area (Å²) >= 11 is 0. The van der Waals surface area contributed by atoms with Gasteiger partial charge < -0.3 is 27.3 Å². The molecule has 1 fully saturated rings. The van der Waals surface area contributed by atoms with E-state index in [1.54, 1.807) is 31.7 Å². The lowest BCUT2D eigenvalue weighted by Gasteiger charge is -2.34. The molecule has 1 heterocycles. The van der Waals surface area contributed by atoms with Gasteiger partial charge in [0.1, 0.15) is 12.2 Å². The van der Waals surface area contributed by atoms with Crippen molar-refractivity contribution in [1.29, 1.82) is 0 Å². The minimum atomic E-state index is -5.30. The summed E-state index contributed by atoms with van der Waals surface area (Å²) in [5.74, 6) is -0.0351. The Labute approximate surface area is 250 Å². The topological polar surface area (TPSA) is 71.1 Å². The maximum absolute atomic E-state index is 13.9. The maximum Gasteiger partial charge on any atom is 0.509 e. The molecule has 0 atom stereocenters. The monoisotopic (exact) mass is 594 g/mol. The molecule has 3 aromatic rings. The Morgan fingerprint density at radius 3 is 2.07 bits per heavy atom. The van der Waals surface area contributed by atoms with Crippen LogP contribution in [-0.2, 0) is 16.0 Å². The summed E-state index contributed by atoms with van der Waals surface area (Å²) < 4.78 is 52.8. The first-order valence-electron chi connectivity index (χ1n) is 14.5. The highest BCUT2D eigenvalue weighted by Crippen LogP contribution is 2.44. The molecular formula is C32H36BF3N3O4-. The van der Waals surface area contributed by atoms with E-state index >= 15 is 0 Å². The van der Waals surface area contributed by atoms with Gasteiger partial charge in [0, 0.05) is 44.3 Å². The Morgan fingerprint density at radius 1 is 0.930 bits per heavy atom. The van der Waals surface area contributed by atoms with Crippen molar-refractivity contribution in [2.75, 3.05) is 38.1 Å². The third kappa shape index (κ3) is 6.99. The number of amides is 2. The van der Waals surface area contributed by atoms with Crippen LogP contribution in [0, 0.1) is 6.92 Å². The van der Waals surface area contributed by atoms with Gasteiger partial charge in [-0.25, -0.2) is 9.59 Å². The number of hydrogen-bond acceptors (Lipinski definition) is 5. The number of ether oxygens (including phenoxy) is 2. The van der Waals surface area contributed by atoms with Gasteiger partial charge in [-0.1, -0.05) is 60.2 Å². The van der Waals surface area contributed by atoms with Crippen molar-refractivity contribution in [3.63, 3.8) is 0 Å². The standard InChI is InChI=1S/C32H36BF3N3O4/c1-21-28(33(34,35)36)17-22(18-29(21)37-30(40)43-32(2,3)4)19-38-13-15-39(16-14-38)31(41)42-20-27-25-11-7-5-9-23(25)24-10-6-8-12-26(24)27/h5-12,17-18,27H,13-16,19-20H2,1-4H3,(H,37,40)/q-1. The summed E-state index contributed by atoms with van der Waals surface area (Å²) in [5.41, 5.74) is 3.48. The molecule has 0 radical (unpaired) electrons. The van der Waals surface area contributed by atoms with Gasteiger partial charge in [0.2, 0.25) is 0 Å². The SMILES string of the molecule is Cc1c(NC(=O)OC(C)(C)C)cc(CN2CCN(C(=O)OCC3c4ccccc4-c4ccccc43)CC2)cc1[B-](F)(F)F. The molecule has 3 aromatic carbocycles. The smallest absolute Gasteiger partial charge is 0.448 e. The van der Waals surface area contributed by atoms with Crippen LogP contribution < -0.4 is 10.8 Å². The van der Waals surface area contributed by atoms with E-state index in [2.05, 4.69) is 29.6 Å². The highest BCUT2D eigenvalue weighted by Gasteiger charge is 2.32. The van der Waals surface area contributed by atoms with Crippen LogP contribution in [0.25, 0.3) is 11.1 Å².